The number of ether oxygens (including phenoxy) is 2. The van der Waals surface area contributed by atoms with Gasteiger partial charge in [0.15, 0.2) is 0 Å². The number of anilines is 2. The second-order valence-corrected chi connectivity index (χ2v) is 8.47. The van der Waals surface area contributed by atoms with Crippen LogP contribution in [0.25, 0.3) is 0 Å². The van der Waals surface area contributed by atoms with E-state index in [2.05, 4.69) is 5.32 Å². The van der Waals surface area contributed by atoms with Crippen LogP contribution in [0.15, 0.2) is 42.5 Å². The molecule has 0 aliphatic carbocycles. The van der Waals surface area contributed by atoms with E-state index in [1.807, 2.05) is 6.92 Å². The van der Waals surface area contributed by atoms with Gasteiger partial charge in [0.05, 0.1) is 35.7 Å². The molecule has 0 saturated heterocycles. The van der Waals surface area contributed by atoms with Crippen molar-refractivity contribution < 1.29 is 27.5 Å². The van der Waals surface area contributed by atoms with Gasteiger partial charge >= 0.3 is 5.97 Å². The minimum absolute atomic E-state index is 0.0998. The molecule has 0 unspecified atom stereocenters. The molecule has 1 amide bonds. The van der Waals surface area contributed by atoms with Crippen molar-refractivity contribution in [1.29, 1.82) is 0 Å². The van der Waals surface area contributed by atoms with Crippen LogP contribution in [0.3, 0.4) is 0 Å². The van der Waals surface area contributed by atoms with E-state index in [4.69, 9.17) is 21.1 Å². The van der Waals surface area contributed by atoms with E-state index in [9.17, 15) is 18.0 Å². The lowest BCUT2D eigenvalue weighted by Gasteiger charge is -2.22. The van der Waals surface area contributed by atoms with Crippen LogP contribution in [0.1, 0.15) is 24.2 Å². The normalized spacial score (nSPS) is 10.9. The average Bonchev–Trinajstić information content (AvgIpc) is 2.68. The Bertz CT molecular complexity index is 1010. The molecule has 8 nitrogen and oxygen atoms in total. The summed E-state index contributed by atoms with van der Waals surface area (Å²) in [6.45, 7) is 3.71. The Morgan fingerprint density at radius 2 is 1.73 bits per heavy atom. The largest absolute Gasteiger partial charge is 0.494 e. The van der Waals surface area contributed by atoms with Crippen molar-refractivity contribution in [2.24, 2.45) is 0 Å². The quantitative estimate of drug-likeness (QED) is 0.583. The van der Waals surface area contributed by atoms with Crippen molar-refractivity contribution in [3.8, 4) is 5.75 Å². The van der Waals surface area contributed by atoms with Gasteiger partial charge in [-0.3, -0.25) is 9.10 Å². The van der Waals surface area contributed by atoms with Crippen LogP contribution >= 0.6 is 11.6 Å². The fraction of sp³-hybridized carbons (Fsp3) is 0.300. The number of halogens is 1. The van der Waals surface area contributed by atoms with Gasteiger partial charge in [-0.1, -0.05) is 11.6 Å². The number of esters is 1. The van der Waals surface area contributed by atoms with E-state index in [1.165, 1.54) is 18.2 Å². The first-order chi connectivity index (χ1) is 14.2. The van der Waals surface area contributed by atoms with Crippen LogP contribution < -0.4 is 14.4 Å². The van der Waals surface area contributed by atoms with E-state index < -0.39 is 28.4 Å². The maximum absolute atomic E-state index is 12.5. The molecule has 2 aromatic carbocycles. The average molecular weight is 455 g/mol. The number of rotatable bonds is 9. The molecule has 30 heavy (non-hydrogen) atoms. The summed E-state index contributed by atoms with van der Waals surface area (Å²) in [6.07, 6.45) is 1.01. The molecule has 0 fully saturated rings. The molecule has 0 atom stereocenters. The number of carbonyl (C=O) groups is 2. The molecule has 2 rings (SSSR count). The summed E-state index contributed by atoms with van der Waals surface area (Å²) in [5, 5.41) is 2.75. The van der Waals surface area contributed by atoms with Crippen molar-refractivity contribution >= 4 is 44.9 Å². The lowest BCUT2D eigenvalue weighted by molar-refractivity contribution is -0.114. The Hall–Kier alpha value is -2.78. The zero-order valence-corrected chi connectivity index (χ0v) is 18.4. The first kappa shape index (κ1) is 23.5. The third-order valence-corrected chi connectivity index (χ3v) is 5.34. The summed E-state index contributed by atoms with van der Waals surface area (Å²) in [4.78, 5) is 24.5. The zero-order valence-electron chi connectivity index (χ0n) is 16.8. The molecule has 0 radical (unpaired) electrons. The first-order valence-electron chi connectivity index (χ1n) is 9.12. The van der Waals surface area contributed by atoms with Crippen molar-refractivity contribution in [2.75, 3.05) is 35.6 Å². The lowest BCUT2D eigenvalue weighted by atomic mass is 10.2. The molecule has 2 aromatic rings. The molecule has 0 spiro atoms. The maximum atomic E-state index is 12.5. The molecule has 162 valence electrons. The van der Waals surface area contributed by atoms with Gasteiger partial charge < -0.3 is 14.8 Å². The van der Waals surface area contributed by atoms with Gasteiger partial charge in [0.25, 0.3) is 0 Å². The molecular weight excluding hydrogens is 432 g/mol. The summed E-state index contributed by atoms with van der Waals surface area (Å²) in [5.41, 5.74) is 0.704. The van der Waals surface area contributed by atoms with E-state index >= 15 is 0 Å². The van der Waals surface area contributed by atoms with Gasteiger partial charge in [-0.2, -0.15) is 0 Å². The Labute approximate surface area is 180 Å². The van der Waals surface area contributed by atoms with Crippen LogP contribution in [0.4, 0.5) is 11.4 Å². The van der Waals surface area contributed by atoms with Gasteiger partial charge in [-0.15, -0.1) is 0 Å². The van der Waals surface area contributed by atoms with Crippen LogP contribution in [0, 0.1) is 0 Å². The molecular formula is C20H23ClN2O6S. The minimum Gasteiger partial charge on any atom is -0.494 e. The molecule has 0 aromatic heterocycles. The van der Waals surface area contributed by atoms with Crippen molar-refractivity contribution in [1.82, 2.24) is 0 Å². The third-order valence-electron chi connectivity index (χ3n) is 3.87. The molecule has 10 heteroatoms. The smallest absolute Gasteiger partial charge is 0.339 e. The number of hydrogen-bond acceptors (Lipinski definition) is 6. The SMILES string of the molecule is CCOC(=O)c1cc(NC(=O)CN(c2ccc(OCC)cc2)S(C)(=O)=O)ccc1Cl. The minimum atomic E-state index is -3.73. The van der Waals surface area contributed by atoms with Gasteiger partial charge in [-0.25, -0.2) is 13.2 Å². The van der Waals surface area contributed by atoms with E-state index in [-0.39, 0.29) is 22.9 Å². The van der Waals surface area contributed by atoms with Gasteiger partial charge in [0.1, 0.15) is 12.3 Å². The number of sulfonamides is 1. The highest BCUT2D eigenvalue weighted by Crippen LogP contribution is 2.23. The van der Waals surface area contributed by atoms with E-state index in [0.717, 1.165) is 10.6 Å². The number of carbonyl (C=O) groups excluding carboxylic acids is 2. The number of nitrogens with zero attached hydrogens (tertiary/aromatic N) is 1. The number of amides is 1. The Morgan fingerprint density at radius 1 is 1.07 bits per heavy atom. The molecule has 0 bridgehead atoms. The van der Waals surface area contributed by atoms with Gasteiger partial charge in [-0.05, 0) is 56.3 Å². The Kier molecular flexibility index (Phi) is 8.08. The molecule has 0 aliphatic rings. The fourth-order valence-electron chi connectivity index (χ4n) is 2.57. The first-order valence-corrected chi connectivity index (χ1v) is 11.4. The van der Waals surface area contributed by atoms with Crippen molar-refractivity contribution in [2.45, 2.75) is 13.8 Å². The summed E-state index contributed by atoms with van der Waals surface area (Å²) in [6, 6.07) is 10.7. The second-order valence-electron chi connectivity index (χ2n) is 6.16. The highest BCUT2D eigenvalue weighted by atomic mass is 35.5. The Balaban J connectivity index is 2.19. The second kappa shape index (κ2) is 10.3. The fourth-order valence-corrected chi connectivity index (χ4v) is 3.63. The van der Waals surface area contributed by atoms with Crippen LogP contribution in [-0.4, -0.2) is 46.3 Å². The molecule has 0 heterocycles. The summed E-state index contributed by atoms with van der Waals surface area (Å²) in [5.74, 6) is -0.621. The third kappa shape index (κ3) is 6.36. The number of nitrogens with one attached hydrogen (secondary N) is 1. The predicted octanol–water partition coefficient (Wildman–Crippen LogP) is 3.32. The lowest BCUT2D eigenvalue weighted by Crippen LogP contribution is -2.37. The highest BCUT2D eigenvalue weighted by Gasteiger charge is 2.21. The summed E-state index contributed by atoms with van der Waals surface area (Å²) < 4.78 is 35.7. The van der Waals surface area contributed by atoms with Crippen molar-refractivity contribution in [3.05, 3.63) is 53.1 Å². The highest BCUT2D eigenvalue weighted by molar-refractivity contribution is 7.92. The topological polar surface area (TPSA) is 102 Å². The molecule has 1 N–H and O–H groups in total. The summed E-state index contributed by atoms with van der Waals surface area (Å²) >= 11 is 6.01. The summed E-state index contributed by atoms with van der Waals surface area (Å²) in [7, 11) is -3.73. The van der Waals surface area contributed by atoms with Crippen molar-refractivity contribution in [3.63, 3.8) is 0 Å². The standard InChI is InChI=1S/C20H23ClN2O6S/c1-4-28-16-9-7-15(8-10-16)23(30(3,26)27)13-19(24)22-14-6-11-18(21)17(12-14)20(25)29-5-2/h6-12H,4-5,13H2,1-3H3,(H,22,24). The Morgan fingerprint density at radius 3 is 2.30 bits per heavy atom. The number of hydrogen-bond donors (Lipinski definition) is 1. The van der Waals surface area contributed by atoms with Gasteiger partial charge in [0.2, 0.25) is 15.9 Å². The zero-order chi connectivity index (χ0) is 22.3. The maximum Gasteiger partial charge on any atom is 0.339 e. The van der Waals surface area contributed by atoms with Gasteiger partial charge in [0, 0.05) is 5.69 Å². The monoisotopic (exact) mass is 454 g/mol. The predicted molar refractivity (Wildman–Crippen MR) is 116 cm³/mol. The number of benzene rings is 2. The van der Waals surface area contributed by atoms with Crippen LogP contribution in [-0.2, 0) is 19.6 Å². The van der Waals surface area contributed by atoms with E-state index in [0.29, 0.717) is 18.0 Å². The molecule has 0 saturated carbocycles. The van der Waals surface area contributed by atoms with Crippen LogP contribution in [0.5, 0.6) is 5.75 Å². The molecule has 0 aliphatic heterocycles. The van der Waals surface area contributed by atoms with Crippen LogP contribution in [0.2, 0.25) is 5.02 Å². The van der Waals surface area contributed by atoms with E-state index in [1.54, 1.807) is 31.2 Å².